The standard InChI is InChI=1S/C34H32O2P2/c1-25-15-5-11-21-31(25)37(32-22-12-6-16-26(32)2)35-29-19-9-10-20-30(29)36-38(33-23-13-7-17-27(33)3)34-24-14-8-18-28(34)4/h5-24H,1-4H3. The lowest BCUT2D eigenvalue weighted by atomic mass is 10.2. The summed E-state index contributed by atoms with van der Waals surface area (Å²) in [7, 11) is -2.21. The van der Waals surface area contributed by atoms with Gasteiger partial charge in [-0.2, -0.15) is 0 Å². The van der Waals surface area contributed by atoms with Gasteiger partial charge in [0.05, 0.1) is 0 Å². The zero-order valence-corrected chi connectivity index (χ0v) is 24.0. The fourth-order valence-electron chi connectivity index (χ4n) is 4.42. The zero-order chi connectivity index (χ0) is 26.5. The summed E-state index contributed by atoms with van der Waals surface area (Å²) in [6, 6.07) is 42.2. The van der Waals surface area contributed by atoms with Gasteiger partial charge in [0.15, 0.2) is 27.8 Å². The monoisotopic (exact) mass is 534 g/mol. The third-order valence-electron chi connectivity index (χ3n) is 6.57. The van der Waals surface area contributed by atoms with Crippen LogP contribution in [0.25, 0.3) is 0 Å². The molecule has 0 atom stereocenters. The first-order chi connectivity index (χ1) is 18.5. The summed E-state index contributed by atoms with van der Waals surface area (Å²) in [5.41, 5.74) is 4.90. The summed E-state index contributed by atoms with van der Waals surface area (Å²) in [5.74, 6) is 1.53. The van der Waals surface area contributed by atoms with Gasteiger partial charge in [0.1, 0.15) is 0 Å². The first-order valence-electron chi connectivity index (χ1n) is 12.8. The van der Waals surface area contributed by atoms with Crippen molar-refractivity contribution in [2.45, 2.75) is 27.7 Å². The second-order valence-corrected chi connectivity index (χ2v) is 12.8. The van der Waals surface area contributed by atoms with E-state index in [1.807, 2.05) is 24.3 Å². The Hall–Kier alpha value is -3.44. The van der Waals surface area contributed by atoms with Gasteiger partial charge in [-0.3, -0.25) is 0 Å². The first kappa shape index (κ1) is 26.2. The van der Waals surface area contributed by atoms with E-state index in [1.54, 1.807) is 0 Å². The summed E-state index contributed by atoms with van der Waals surface area (Å²) in [5, 5.41) is 4.86. The van der Waals surface area contributed by atoms with Gasteiger partial charge in [0, 0.05) is 21.2 Å². The fraction of sp³-hybridized carbons (Fsp3) is 0.118. The highest BCUT2D eigenvalue weighted by atomic mass is 31.1. The van der Waals surface area contributed by atoms with Gasteiger partial charge in [-0.25, -0.2) is 0 Å². The average Bonchev–Trinajstić information content (AvgIpc) is 2.93. The predicted molar refractivity (Wildman–Crippen MR) is 165 cm³/mol. The van der Waals surface area contributed by atoms with Crippen LogP contribution in [0.5, 0.6) is 11.5 Å². The molecule has 0 saturated carbocycles. The molecule has 0 aliphatic heterocycles. The lowest BCUT2D eigenvalue weighted by molar-refractivity contribution is 0.554. The molecule has 2 nitrogen and oxygen atoms in total. The molecule has 0 N–H and O–H groups in total. The molecule has 5 aromatic carbocycles. The highest BCUT2D eigenvalue weighted by molar-refractivity contribution is 7.69. The van der Waals surface area contributed by atoms with E-state index in [1.165, 1.54) is 43.5 Å². The molecule has 4 heteroatoms. The Kier molecular flexibility index (Phi) is 8.23. The Morgan fingerprint density at radius 3 is 0.842 bits per heavy atom. The minimum atomic E-state index is -1.10. The van der Waals surface area contributed by atoms with Gasteiger partial charge < -0.3 is 9.05 Å². The van der Waals surface area contributed by atoms with E-state index in [0.29, 0.717) is 0 Å². The van der Waals surface area contributed by atoms with Gasteiger partial charge in [-0.1, -0.05) is 109 Å². The predicted octanol–water partition coefficient (Wildman–Crippen LogP) is 7.77. The second-order valence-electron chi connectivity index (χ2n) is 9.36. The molecule has 0 unspecified atom stereocenters. The smallest absolute Gasteiger partial charge is 0.166 e. The van der Waals surface area contributed by atoms with Gasteiger partial charge in [-0.15, -0.1) is 0 Å². The maximum atomic E-state index is 6.96. The second kappa shape index (κ2) is 12.0. The molecule has 5 rings (SSSR count). The molecule has 0 aliphatic rings. The summed E-state index contributed by atoms with van der Waals surface area (Å²) < 4.78 is 13.9. The normalized spacial score (nSPS) is 11.1. The van der Waals surface area contributed by atoms with E-state index in [2.05, 4.69) is 125 Å². The Labute approximate surface area is 229 Å². The van der Waals surface area contributed by atoms with Crippen LogP contribution >= 0.6 is 16.3 Å². The van der Waals surface area contributed by atoms with Crippen molar-refractivity contribution in [1.82, 2.24) is 0 Å². The van der Waals surface area contributed by atoms with Crippen LogP contribution in [0.4, 0.5) is 0 Å². The Morgan fingerprint density at radius 1 is 0.342 bits per heavy atom. The molecule has 0 saturated heterocycles. The van der Waals surface area contributed by atoms with Crippen LogP contribution in [0.2, 0.25) is 0 Å². The minimum Gasteiger partial charge on any atom is -0.461 e. The molecule has 0 fully saturated rings. The van der Waals surface area contributed by atoms with Crippen molar-refractivity contribution in [2.24, 2.45) is 0 Å². The average molecular weight is 535 g/mol. The van der Waals surface area contributed by atoms with Crippen molar-refractivity contribution in [3.8, 4) is 11.5 Å². The van der Waals surface area contributed by atoms with E-state index in [9.17, 15) is 0 Å². The summed E-state index contributed by atoms with van der Waals surface area (Å²) in [6.45, 7) is 8.63. The van der Waals surface area contributed by atoms with Crippen LogP contribution in [0.1, 0.15) is 22.3 Å². The summed E-state index contributed by atoms with van der Waals surface area (Å²) >= 11 is 0. The largest absolute Gasteiger partial charge is 0.461 e. The van der Waals surface area contributed by atoms with E-state index in [0.717, 1.165) is 11.5 Å². The number of hydrogen-bond acceptors (Lipinski definition) is 2. The molecular weight excluding hydrogens is 502 g/mol. The number of rotatable bonds is 8. The molecule has 0 heterocycles. The lowest BCUT2D eigenvalue weighted by Gasteiger charge is -2.26. The lowest BCUT2D eigenvalue weighted by Crippen LogP contribution is -2.21. The van der Waals surface area contributed by atoms with Crippen molar-refractivity contribution < 1.29 is 9.05 Å². The van der Waals surface area contributed by atoms with E-state index in [-0.39, 0.29) is 0 Å². The topological polar surface area (TPSA) is 18.5 Å². The summed E-state index contributed by atoms with van der Waals surface area (Å²) in [4.78, 5) is 0. The van der Waals surface area contributed by atoms with Gasteiger partial charge in [0.25, 0.3) is 0 Å². The van der Waals surface area contributed by atoms with Crippen molar-refractivity contribution in [3.05, 3.63) is 144 Å². The van der Waals surface area contributed by atoms with E-state index < -0.39 is 16.3 Å². The van der Waals surface area contributed by atoms with Crippen LogP contribution < -0.4 is 30.3 Å². The summed E-state index contributed by atoms with van der Waals surface area (Å²) in [6.07, 6.45) is 0. The zero-order valence-electron chi connectivity index (χ0n) is 22.3. The maximum Gasteiger partial charge on any atom is 0.166 e. The first-order valence-corrected chi connectivity index (χ1v) is 15.3. The fourth-order valence-corrected chi connectivity index (χ4v) is 8.49. The highest BCUT2D eigenvalue weighted by Gasteiger charge is 2.25. The third-order valence-corrected chi connectivity index (χ3v) is 11.1. The quantitative estimate of drug-likeness (QED) is 0.189. The molecule has 0 aromatic heterocycles. The molecule has 0 amide bonds. The number of para-hydroxylation sites is 2. The molecule has 190 valence electrons. The van der Waals surface area contributed by atoms with Crippen LogP contribution in [0, 0.1) is 27.7 Å². The molecule has 0 radical (unpaired) electrons. The minimum absolute atomic E-state index is 0.764. The molecular formula is C34H32O2P2. The van der Waals surface area contributed by atoms with E-state index >= 15 is 0 Å². The third kappa shape index (κ3) is 5.68. The maximum absolute atomic E-state index is 6.96. The highest BCUT2D eigenvalue weighted by Crippen LogP contribution is 2.46. The van der Waals surface area contributed by atoms with Gasteiger partial charge >= 0.3 is 0 Å². The van der Waals surface area contributed by atoms with Gasteiger partial charge in [-0.05, 0) is 62.1 Å². The van der Waals surface area contributed by atoms with Crippen LogP contribution in [-0.2, 0) is 0 Å². The molecule has 0 aliphatic carbocycles. The number of hydrogen-bond donors (Lipinski definition) is 0. The van der Waals surface area contributed by atoms with Crippen LogP contribution in [0.15, 0.2) is 121 Å². The molecule has 0 bridgehead atoms. The van der Waals surface area contributed by atoms with Gasteiger partial charge in [0.2, 0.25) is 0 Å². The number of benzene rings is 5. The van der Waals surface area contributed by atoms with Crippen molar-refractivity contribution in [2.75, 3.05) is 0 Å². The Bertz CT molecular complexity index is 1340. The van der Waals surface area contributed by atoms with Crippen LogP contribution in [0.3, 0.4) is 0 Å². The van der Waals surface area contributed by atoms with E-state index in [4.69, 9.17) is 9.05 Å². The van der Waals surface area contributed by atoms with Crippen molar-refractivity contribution in [3.63, 3.8) is 0 Å². The molecule has 0 spiro atoms. The SMILES string of the molecule is Cc1ccccc1P(Oc1ccccc1OP(c1ccccc1C)c1ccccc1C)c1ccccc1C. The van der Waals surface area contributed by atoms with Crippen molar-refractivity contribution in [1.29, 1.82) is 0 Å². The Morgan fingerprint density at radius 2 is 0.579 bits per heavy atom. The number of aryl methyl sites for hydroxylation is 4. The molecule has 38 heavy (non-hydrogen) atoms. The molecule has 5 aromatic rings. The van der Waals surface area contributed by atoms with Crippen LogP contribution in [-0.4, -0.2) is 0 Å². The Balaban J connectivity index is 1.59. The van der Waals surface area contributed by atoms with Crippen molar-refractivity contribution >= 4 is 37.5 Å².